The number of aromatic nitrogens is 1. The fourth-order valence-corrected chi connectivity index (χ4v) is 4.35. The smallest absolute Gasteiger partial charge is 0.224 e. The molecule has 2 fully saturated rings. The first kappa shape index (κ1) is 21.3. The molecule has 2 aromatic rings. The van der Waals surface area contributed by atoms with Crippen molar-refractivity contribution >= 4 is 5.88 Å². The molecule has 0 radical (unpaired) electrons. The summed E-state index contributed by atoms with van der Waals surface area (Å²) in [4.78, 5) is 9.89. The van der Waals surface area contributed by atoms with E-state index in [-0.39, 0.29) is 6.04 Å². The van der Waals surface area contributed by atoms with Crippen LogP contribution >= 0.6 is 0 Å². The summed E-state index contributed by atoms with van der Waals surface area (Å²) in [5.74, 6) is 1.75. The number of anilines is 1. The molecule has 0 aliphatic carbocycles. The van der Waals surface area contributed by atoms with Crippen molar-refractivity contribution in [1.82, 2.24) is 9.88 Å². The average Bonchev–Trinajstić information content (AvgIpc) is 3.26. The van der Waals surface area contributed by atoms with E-state index in [2.05, 4.69) is 41.0 Å². The summed E-state index contributed by atoms with van der Waals surface area (Å²) >= 11 is 0. The molecule has 3 heterocycles. The lowest BCUT2D eigenvalue weighted by molar-refractivity contribution is 0.00777. The fraction of sp³-hybridized carbons (Fsp3) is 0.625. The van der Waals surface area contributed by atoms with Gasteiger partial charge >= 0.3 is 0 Å². The maximum atomic E-state index is 6.56. The molecule has 2 aliphatic heterocycles. The number of oxazole rings is 1. The fourth-order valence-electron chi connectivity index (χ4n) is 4.35. The van der Waals surface area contributed by atoms with Crippen molar-refractivity contribution in [2.24, 2.45) is 0 Å². The van der Waals surface area contributed by atoms with Gasteiger partial charge in [0, 0.05) is 31.7 Å². The van der Waals surface area contributed by atoms with Gasteiger partial charge in [-0.1, -0.05) is 62.9 Å². The molecule has 2 aliphatic rings. The highest BCUT2D eigenvalue weighted by molar-refractivity contribution is 5.71. The van der Waals surface area contributed by atoms with Crippen LogP contribution in [0, 0.1) is 0 Å². The molecule has 1 unspecified atom stereocenters. The molecule has 1 atom stereocenters. The van der Waals surface area contributed by atoms with Crippen LogP contribution in [0.3, 0.4) is 0 Å². The molecule has 164 valence electrons. The molecule has 4 rings (SSSR count). The first-order valence-electron chi connectivity index (χ1n) is 11.6. The summed E-state index contributed by atoms with van der Waals surface area (Å²) in [6.07, 6.45) is 6.08. The molecule has 0 amide bonds. The van der Waals surface area contributed by atoms with Crippen LogP contribution in [0.4, 0.5) is 5.88 Å². The van der Waals surface area contributed by atoms with Gasteiger partial charge in [-0.05, 0) is 6.42 Å². The number of morpholine rings is 2. The number of rotatable bonds is 9. The van der Waals surface area contributed by atoms with Crippen LogP contribution in [0.25, 0.3) is 11.3 Å². The largest absolute Gasteiger partial charge is 0.423 e. The van der Waals surface area contributed by atoms with E-state index < -0.39 is 0 Å². The highest BCUT2D eigenvalue weighted by Crippen LogP contribution is 2.37. The normalized spacial score (nSPS) is 19.2. The second kappa shape index (κ2) is 10.9. The number of nitrogens with zero attached hydrogens (tertiary/aromatic N) is 3. The SMILES string of the molecule is CCCCCCC(c1nc(-c2ccccc2)c(N2CCOCC2)o1)N1CCOCC1. The maximum Gasteiger partial charge on any atom is 0.224 e. The first-order valence-corrected chi connectivity index (χ1v) is 11.6. The molecule has 6 nitrogen and oxygen atoms in total. The topological polar surface area (TPSA) is 51.0 Å². The molecule has 30 heavy (non-hydrogen) atoms. The van der Waals surface area contributed by atoms with Crippen LogP contribution < -0.4 is 4.90 Å². The number of hydrogen-bond acceptors (Lipinski definition) is 6. The zero-order valence-electron chi connectivity index (χ0n) is 18.2. The Morgan fingerprint density at radius 2 is 1.60 bits per heavy atom. The highest BCUT2D eigenvalue weighted by Gasteiger charge is 2.30. The van der Waals surface area contributed by atoms with Gasteiger partial charge in [-0.2, -0.15) is 0 Å². The number of hydrogen-bond donors (Lipinski definition) is 0. The van der Waals surface area contributed by atoms with E-state index in [0.29, 0.717) is 0 Å². The number of unbranched alkanes of at least 4 members (excludes halogenated alkanes) is 3. The van der Waals surface area contributed by atoms with Crippen molar-refractivity contribution < 1.29 is 13.9 Å². The molecule has 2 saturated heterocycles. The minimum Gasteiger partial charge on any atom is -0.423 e. The van der Waals surface area contributed by atoms with Crippen molar-refractivity contribution in [1.29, 1.82) is 0 Å². The van der Waals surface area contributed by atoms with Gasteiger partial charge in [-0.15, -0.1) is 0 Å². The van der Waals surface area contributed by atoms with E-state index in [9.17, 15) is 0 Å². The average molecular weight is 414 g/mol. The Hall–Kier alpha value is -1.89. The van der Waals surface area contributed by atoms with Crippen LogP contribution in [0.1, 0.15) is 51.0 Å². The third kappa shape index (κ3) is 5.23. The molecule has 0 spiro atoms. The lowest BCUT2D eigenvalue weighted by atomic mass is 10.1. The molecular formula is C24H35N3O3. The first-order chi connectivity index (χ1) is 14.9. The Kier molecular flexibility index (Phi) is 7.78. The zero-order valence-corrected chi connectivity index (χ0v) is 18.2. The Labute approximate surface area is 180 Å². The van der Waals surface area contributed by atoms with Crippen molar-refractivity contribution in [2.45, 2.75) is 45.1 Å². The second-order valence-electron chi connectivity index (χ2n) is 8.18. The molecule has 1 aromatic heterocycles. The van der Waals surface area contributed by atoms with Crippen molar-refractivity contribution in [2.75, 3.05) is 57.5 Å². The van der Waals surface area contributed by atoms with Crippen LogP contribution in [-0.2, 0) is 9.47 Å². The van der Waals surface area contributed by atoms with Gasteiger partial charge in [0.1, 0.15) is 5.69 Å². The molecule has 0 saturated carbocycles. The van der Waals surface area contributed by atoms with Crippen LogP contribution in [-0.4, -0.2) is 62.5 Å². The van der Waals surface area contributed by atoms with E-state index in [1.54, 1.807) is 0 Å². The highest BCUT2D eigenvalue weighted by atomic mass is 16.5. The van der Waals surface area contributed by atoms with Crippen LogP contribution in [0.5, 0.6) is 0 Å². The van der Waals surface area contributed by atoms with E-state index in [4.69, 9.17) is 18.9 Å². The Morgan fingerprint density at radius 1 is 0.900 bits per heavy atom. The van der Waals surface area contributed by atoms with Gasteiger partial charge in [0.25, 0.3) is 0 Å². The third-order valence-electron chi connectivity index (χ3n) is 6.07. The van der Waals surface area contributed by atoms with Gasteiger partial charge in [0.2, 0.25) is 11.8 Å². The predicted molar refractivity (Wildman–Crippen MR) is 119 cm³/mol. The van der Waals surface area contributed by atoms with E-state index >= 15 is 0 Å². The lowest BCUT2D eigenvalue weighted by Gasteiger charge is -2.33. The van der Waals surface area contributed by atoms with E-state index in [0.717, 1.165) is 82.1 Å². The van der Waals surface area contributed by atoms with Gasteiger partial charge in [0.15, 0.2) is 0 Å². The van der Waals surface area contributed by atoms with Gasteiger partial charge < -0.3 is 18.8 Å². The zero-order chi connectivity index (χ0) is 20.6. The summed E-state index contributed by atoms with van der Waals surface area (Å²) in [7, 11) is 0. The van der Waals surface area contributed by atoms with Gasteiger partial charge in [-0.25, -0.2) is 4.98 Å². The predicted octanol–water partition coefficient (Wildman–Crippen LogP) is 4.52. The summed E-state index contributed by atoms with van der Waals surface area (Å²) in [6.45, 7) is 8.85. The molecule has 0 N–H and O–H groups in total. The van der Waals surface area contributed by atoms with Crippen LogP contribution in [0.15, 0.2) is 34.7 Å². The Balaban J connectivity index is 1.64. The molecule has 6 heteroatoms. The molecule has 1 aromatic carbocycles. The minimum absolute atomic E-state index is 0.211. The quantitative estimate of drug-likeness (QED) is 0.563. The third-order valence-corrected chi connectivity index (χ3v) is 6.07. The lowest BCUT2D eigenvalue weighted by Crippen LogP contribution is -2.39. The molecule has 0 bridgehead atoms. The number of benzene rings is 1. The van der Waals surface area contributed by atoms with Crippen molar-refractivity contribution in [3.05, 3.63) is 36.2 Å². The summed E-state index contributed by atoms with van der Waals surface area (Å²) in [5.41, 5.74) is 2.07. The van der Waals surface area contributed by atoms with E-state index in [1.807, 2.05) is 6.07 Å². The van der Waals surface area contributed by atoms with Gasteiger partial charge in [-0.3, -0.25) is 4.90 Å². The monoisotopic (exact) mass is 413 g/mol. The van der Waals surface area contributed by atoms with Crippen molar-refractivity contribution in [3.8, 4) is 11.3 Å². The standard InChI is InChI=1S/C24H35N3O3/c1-2-3-4-8-11-21(26-12-16-28-17-13-26)23-25-22(20-9-6-5-7-10-20)24(30-23)27-14-18-29-19-15-27/h5-7,9-10,21H,2-4,8,11-19H2,1H3. The van der Waals surface area contributed by atoms with Crippen molar-refractivity contribution in [3.63, 3.8) is 0 Å². The van der Waals surface area contributed by atoms with Gasteiger partial charge in [0.05, 0.1) is 32.5 Å². The summed E-state index contributed by atoms with van der Waals surface area (Å²) < 4.78 is 17.7. The maximum absolute atomic E-state index is 6.56. The number of ether oxygens (including phenoxy) is 2. The Morgan fingerprint density at radius 3 is 2.30 bits per heavy atom. The van der Waals surface area contributed by atoms with Crippen LogP contribution in [0.2, 0.25) is 0 Å². The van der Waals surface area contributed by atoms with E-state index in [1.165, 1.54) is 25.7 Å². The minimum atomic E-state index is 0.211. The Bertz CT molecular complexity index is 752. The molecular weight excluding hydrogens is 378 g/mol. The summed E-state index contributed by atoms with van der Waals surface area (Å²) in [5, 5.41) is 0. The second-order valence-corrected chi connectivity index (χ2v) is 8.18. The summed E-state index contributed by atoms with van der Waals surface area (Å²) in [6, 6.07) is 10.6.